The Kier molecular flexibility index (Phi) is 4.37. The first-order valence-corrected chi connectivity index (χ1v) is 6.69. The van der Waals surface area contributed by atoms with Crippen LogP contribution in [0.15, 0.2) is 48.6 Å². The minimum Gasteiger partial charge on any atom is -0.399 e. The third-order valence-electron chi connectivity index (χ3n) is 3.56. The van der Waals surface area contributed by atoms with Gasteiger partial charge in [-0.05, 0) is 43.7 Å². The van der Waals surface area contributed by atoms with Crippen LogP contribution in [-0.4, -0.2) is 29.1 Å². The molecule has 1 aromatic carbocycles. The van der Waals surface area contributed by atoms with Crippen LogP contribution in [0.2, 0.25) is 0 Å². The molecule has 2 rings (SSSR count). The Balaban J connectivity index is 1.93. The van der Waals surface area contributed by atoms with Crippen LogP contribution in [-0.2, 0) is 11.2 Å². The lowest BCUT2D eigenvalue weighted by Crippen LogP contribution is -2.54. The second kappa shape index (κ2) is 6.03. The molecule has 4 N–H and O–H groups in total. The molecule has 1 unspecified atom stereocenters. The molecule has 0 saturated heterocycles. The molecule has 0 fully saturated rings. The SMILES string of the molecule is CC(=O)C1(O)C=CC=C[C@H]1NCCc1ccc(N)cc1. The molecule has 0 aliphatic heterocycles. The van der Waals surface area contributed by atoms with Crippen molar-refractivity contribution in [3.05, 3.63) is 54.1 Å². The molecule has 2 atom stereocenters. The summed E-state index contributed by atoms with van der Waals surface area (Å²) in [6, 6.07) is 7.30. The number of carbonyl (C=O) groups is 1. The highest BCUT2D eigenvalue weighted by atomic mass is 16.3. The number of aliphatic hydroxyl groups is 1. The van der Waals surface area contributed by atoms with E-state index in [0.717, 1.165) is 17.7 Å². The second-order valence-corrected chi connectivity index (χ2v) is 5.05. The normalized spacial score (nSPS) is 24.8. The average molecular weight is 272 g/mol. The molecule has 4 nitrogen and oxygen atoms in total. The maximum atomic E-state index is 11.6. The van der Waals surface area contributed by atoms with E-state index in [-0.39, 0.29) is 5.78 Å². The smallest absolute Gasteiger partial charge is 0.167 e. The minimum atomic E-state index is -1.45. The van der Waals surface area contributed by atoms with Crippen molar-refractivity contribution >= 4 is 11.5 Å². The molecule has 0 saturated carbocycles. The van der Waals surface area contributed by atoms with Gasteiger partial charge in [-0.15, -0.1) is 0 Å². The van der Waals surface area contributed by atoms with Gasteiger partial charge in [-0.3, -0.25) is 4.79 Å². The van der Waals surface area contributed by atoms with Crippen molar-refractivity contribution in [2.45, 2.75) is 25.0 Å². The van der Waals surface area contributed by atoms with E-state index < -0.39 is 11.6 Å². The van der Waals surface area contributed by atoms with Gasteiger partial charge >= 0.3 is 0 Å². The van der Waals surface area contributed by atoms with Gasteiger partial charge in [0.25, 0.3) is 0 Å². The predicted molar refractivity (Wildman–Crippen MR) is 80.3 cm³/mol. The van der Waals surface area contributed by atoms with Crippen LogP contribution in [0.25, 0.3) is 0 Å². The molecular formula is C16H20N2O2. The van der Waals surface area contributed by atoms with Crippen LogP contribution in [0.3, 0.4) is 0 Å². The van der Waals surface area contributed by atoms with E-state index in [2.05, 4.69) is 5.32 Å². The second-order valence-electron chi connectivity index (χ2n) is 5.05. The zero-order valence-corrected chi connectivity index (χ0v) is 11.5. The summed E-state index contributed by atoms with van der Waals surface area (Å²) < 4.78 is 0. The number of nitrogens with one attached hydrogen (secondary N) is 1. The van der Waals surface area contributed by atoms with Crippen LogP contribution >= 0.6 is 0 Å². The summed E-state index contributed by atoms with van der Waals surface area (Å²) in [6.45, 7) is 2.07. The largest absolute Gasteiger partial charge is 0.399 e. The molecular weight excluding hydrogens is 252 g/mol. The lowest BCUT2D eigenvalue weighted by Gasteiger charge is -2.32. The Morgan fingerprint density at radius 1 is 1.35 bits per heavy atom. The maximum absolute atomic E-state index is 11.6. The summed E-state index contributed by atoms with van der Waals surface area (Å²) in [7, 11) is 0. The van der Waals surface area contributed by atoms with Gasteiger partial charge in [-0.2, -0.15) is 0 Å². The standard InChI is InChI=1S/C16H20N2O2/c1-12(19)16(20)10-3-2-4-15(16)18-11-9-13-5-7-14(17)8-6-13/h2-8,10,15,18,20H,9,11,17H2,1H3/t15-,16?/m1/s1. The van der Waals surface area contributed by atoms with Gasteiger partial charge < -0.3 is 16.2 Å². The van der Waals surface area contributed by atoms with Crippen molar-refractivity contribution < 1.29 is 9.90 Å². The van der Waals surface area contributed by atoms with Crippen molar-refractivity contribution in [1.29, 1.82) is 0 Å². The number of carbonyl (C=O) groups excluding carboxylic acids is 1. The number of hydrogen-bond donors (Lipinski definition) is 3. The number of allylic oxidation sites excluding steroid dienone is 2. The summed E-state index contributed by atoms with van der Waals surface area (Å²) in [5.74, 6) is -0.261. The Bertz CT molecular complexity index is 534. The first-order valence-electron chi connectivity index (χ1n) is 6.69. The highest BCUT2D eigenvalue weighted by Gasteiger charge is 2.38. The molecule has 0 radical (unpaired) electrons. The molecule has 106 valence electrons. The molecule has 1 aromatic rings. The molecule has 0 heterocycles. The van der Waals surface area contributed by atoms with E-state index in [1.54, 1.807) is 6.08 Å². The topological polar surface area (TPSA) is 75.3 Å². The number of nitrogens with two attached hydrogens (primary N) is 1. The van der Waals surface area contributed by atoms with Gasteiger partial charge in [0.1, 0.15) is 0 Å². The van der Waals surface area contributed by atoms with Gasteiger partial charge in [0.05, 0.1) is 6.04 Å². The molecule has 0 bridgehead atoms. The van der Waals surface area contributed by atoms with Crippen LogP contribution in [0.5, 0.6) is 0 Å². The Labute approximate surface area is 119 Å². The molecule has 4 heteroatoms. The number of anilines is 1. The van der Waals surface area contributed by atoms with Gasteiger partial charge in [-0.1, -0.05) is 30.4 Å². The zero-order valence-electron chi connectivity index (χ0n) is 11.5. The third-order valence-corrected chi connectivity index (χ3v) is 3.56. The number of ketones is 1. The highest BCUT2D eigenvalue weighted by molar-refractivity contribution is 5.88. The molecule has 0 aromatic heterocycles. The van der Waals surface area contributed by atoms with Crippen molar-refractivity contribution in [1.82, 2.24) is 5.32 Å². The summed E-state index contributed by atoms with van der Waals surface area (Å²) >= 11 is 0. The van der Waals surface area contributed by atoms with Crippen molar-refractivity contribution in [3.63, 3.8) is 0 Å². The minimum absolute atomic E-state index is 0.261. The monoisotopic (exact) mass is 272 g/mol. The number of benzene rings is 1. The molecule has 1 aliphatic carbocycles. The highest BCUT2D eigenvalue weighted by Crippen LogP contribution is 2.19. The Morgan fingerprint density at radius 2 is 2.05 bits per heavy atom. The van der Waals surface area contributed by atoms with Gasteiger partial charge in [-0.25, -0.2) is 0 Å². The number of Topliss-reactive ketones (excluding diaryl/α,β-unsaturated/α-hetero) is 1. The van der Waals surface area contributed by atoms with E-state index in [4.69, 9.17) is 5.73 Å². The van der Waals surface area contributed by atoms with E-state index in [1.165, 1.54) is 13.0 Å². The summed E-state index contributed by atoms with van der Waals surface area (Å²) in [6.07, 6.45) is 7.68. The quantitative estimate of drug-likeness (QED) is 0.704. The van der Waals surface area contributed by atoms with E-state index in [9.17, 15) is 9.90 Å². The van der Waals surface area contributed by atoms with E-state index in [1.807, 2.05) is 36.4 Å². The molecule has 1 aliphatic rings. The fourth-order valence-corrected chi connectivity index (χ4v) is 2.24. The Morgan fingerprint density at radius 3 is 2.70 bits per heavy atom. The van der Waals surface area contributed by atoms with Crippen LogP contribution < -0.4 is 11.1 Å². The lowest BCUT2D eigenvalue weighted by atomic mass is 9.86. The molecule has 0 spiro atoms. The van der Waals surface area contributed by atoms with Crippen molar-refractivity contribution in [2.24, 2.45) is 0 Å². The van der Waals surface area contributed by atoms with E-state index >= 15 is 0 Å². The van der Waals surface area contributed by atoms with Gasteiger partial charge in [0, 0.05) is 5.69 Å². The number of nitrogen functional groups attached to an aromatic ring is 1. The van der Waals surface area contributed by atoms with Crippen LogP contribution in [0.1, 0.15) is 12.5 Å². The summed E-state index contributed by atoms with van der Waals surface area (Å²) in [4.78, 5) is 11.6. The zero-order chi connectivity index (χ0) is 14.6. The first kappa shape index (κ1) is 14.5. The Hall–Kier alpha value is -1.91. The number of hydrogen-bond acceptors (Lipinski definition) is 4. The predicted octanol–water partition coefficient (Wildman–Crippen LogP) is 1.22. The van der Waals surface area contributed by atoms with Crippen molar-refractivity contribution in [2.75, 3.05) is 12.3 Å². The first-order chi connectivity index (χ1) is 9.52. The van der Waals surface area contributed by atoms with E-state index in [0.29, 0.717) is 6.54 Å². The van der Waals surface area contributed by atoms with Gasteiger partial charge in [0.15, 0.2) is 11.4 Å². The molecule has 20 heavy (non-hydrogen) atoms. The maximum Gasteiger partial charge on any atom is 0.167 e. The van der Waals surface area contributed by atoms with Crippen LogP contribution in [0, 0.1) is 0 Å². The third kappa shape index (κ3) is 3.15. The average Bonchev–Trinajstić information content (AvgIpc) is 2.43. The fraction of sp³-hybridized carbons (Fsp3) is 0.312. The van der Waals surface area contributed by atoms with Crippen molar-refractivity contribution in [3.8, 4) is 0 Å². The van der Waals surface area contributed by atoms with Gasteiger partial charge in [0.2, 0.25) is 0 Å². The fourth-order valence-electron chi connectivity index (χ4n) is 2.24. The summed E-state index contributed by atoms with van der Waals surface area (Å²) in [5.41, 5.74) is 6.09. The number of rotatable bonds is 5. The summed E-state index contributed by atoms with van der Waals surface area (Å²) in [5, 5.41) is 13.6. The molecule has 0 amide bonds. The van der Waals surface area contributed by atoms with Crippen LogP contribution in [0.4, 0.5) is 5.69 Å². The lowest BCUT2D eigenvalue weighted by molar-refractivity contribution is -0.132.